The second-order valence-corrected chi connectivity index (χ2v) is 41.0. The second kappa shape index (κ2) is 48.2. The van der Waals surface area contributed by atoms with E-state index in [1.807, 2.05) is 0 Å². The van der Waals surface area contributed by atoms with Gasteiger partial charge in [-0.2, -0.15) is 0 Å². The third-order valence-corrected chi connectivity index (χ3v) is 35.0. The van der Waals surface area contributed by atoms with Crippen molar-refractivity contribution in [3.63, 3.8) is 0 Å². The molecule has 4 aliphatic heterocycles. The Balaban J connectivity index is 0.000000226. The number of aliphatic hydroxyl groups excluding tert-OH is 10. The summed E-state index contributed by atoms with van der Waals surface area (Å²) in [7, 11) is 0. The molecule has 16 bridgehead atoms. The van der Waals surface area contributed by atoms with Gasteiger partial charge in [0.2, 0.25) is 0 Å². The molecule has 10 heterocycles. The zero-order chi connectivity index (χ0) is 101. The van der Waals surface area contributed by atoms with Crippen LogP contribution in [0, 0.1) is 0 Å². The molecule has 142 heavy (non-hydrogen) atoms. The van der Waals surface area contributed by atoms with Crippen molar-refractivity contribution in [3.05, 3.63) is 116 Å². The predicted octanol–water partition coefficient (Wildman–Crippen LogP) is 22.9. The maximum absolute atomic E-state index is 9.92. The zero-order valence-corrected chi connectivity index (χ0v) is 102. The van der Waals surface area contributed by atoms with Crippen LogP contribution in [-0.2, 0) is 39.0 Å². The van der Waals surface area contributed by atoms with Crippen LogP contribution in [0.4, 0.5) is 0 Å². The number of fused-ring (bicyclic) bond motifs is 40. The number of rotatable bonds is 25. The van der Waals surface area contributed by atoms with Crippen molar-refractivity contribution in [3.8, 4) is 137 Å². The zero-order valence-electron chi connectivity index (χ0n) is 70.1. The second-order valence-electron chi connectivity index (χ2n) is 28.2. The molecule has 8 aromatic carbocycles. The summed E-state index contributed by atoms with van der Waals surface area (Å²) >= 11 is 137. The van der Waals surface area contributed by atoms with E-state index in [1.165, 1.54) is 0 Å². The van der Waals surface area contributed by atoms with Gasteiger partial charge in [0.25, 0.3) is 0 Å². The van der Waals surface area contributed by atoms with Gasteiger partial charge in [0.05, 0.1) is 215 Å². The van der Waals surface area contributed by atoms with E-state index in [0.717, 1.165) is 0 Å². The topological polar surface area (TPSA) is 487 Å². The van der Waals surface area contributed by atoms with Crippen molar-refractivity contribution in [2.75, 3.05) is 119 Å². The van der Waals surface area contributed by atoms with Crippen LogP contribution in [-0.4, -0.2) is 230 Å². The van der Waals surface area contributed by atoms with E-state index < -0.39 is 52.9 Å². The molecule has 6 aromatic heterocycles. The largest absolute Gasteiger partial charge is 2.00 e. The molecule has 0 spiro atoms. The van der Waals surface area contributed by atoms with Gasteiger partial charge in [-0.3, -0.25) is 0 Å². The summed E-state index contributed by atoms with van der Waals surface area (Å²) in [4.78, 5) is 78.6. The Morgan fingerprint density at radius 1 is 0.169 bits per heavy atom. The van der Waals surface area contributed by atoms with Gasteiger partial charge in [0, 0.05) is 146 Å². The first-order chi connectivity index (χ1) is 67.1. The van der Waals surface area contributed by atoms with Gasteiger partial charge in [0.15, 0.2) is 46.0 Å². The van der Waals surface area contributed by atoms with Crippen molar-refractivity contribution in [1.29, 1.82) is 0 Å². The number of hydrogen-bond acceptors (Lipinski definition) is 30. The number of halogens is 24. The summed E-state index contributed by atoms with van der Waals surface area (Å²) in [6.07, 6.45) is 0. The van der Waals surface area contributed by atoms with E-state index >= 15 is 0 Å². The molecule has 0 aliphatic carbocycles. The van der Waals surface area contributed by atoms with Crippen LogP contribution in [0.3, 0.4) is 0 Å². The molecule has 0 fully saturated rings. The monoisotopic (exact) mass is 2900 g/mol. The molecule has 60 heteroatoms. The van der Waals surface area contributed by atoms with Crippen LogP contribution >= 0.6 is 317 Å². The molecule has 34 nitrogen and oxygen atoms in total. The fourth-order valence-electron chi connectivity index (χ4n) is 14.5. The molecule has 18 rings (SSSR count). The van der Waals surface area contributed by atoms with E-state index in [-0.39, 0.29) is 392 Å². The number of aliphatic hydroxyl groups is 10. The van der Waals surface area contributed by atoms with Gasteiger partial charge < -0.3 is 149 Å². The molecule has 14 aromatic rings. The summed E-state index contributed by atoms with van der Waals surface area (Å²) in [5.74, 6) is -1.35. The van der Waals surface area contributed by atoms with Crippen molar-refractivity contribution in [2.24, 2.45) is 0 Å². The number of hydrogen-bond donors (Lipinski definition) is 10. The molecular formula is C82H46Br9Cl15N16O18Zn2. The van der Waals surface area contributed by atoms with Crippen molar-refractivity contribution < 1.29 is 128 Å². The molecule has 10 N–H and O–H groups in total. The predicted molar refractivity (Wildman–Crippen MR) is 567 cm³/mol. The average Bonchev–Trinajstić information content (AvgIpc) is 1.57. The summed E-state index contributed by atoms with van der Waals surface area (Å²) in [5, 5.41) is 96.7. The smallest absolute Gasteiger partial charge is 0.486 e. The molecule has 0 saturated carbocycles. The Morgan fingerprint density at radius 3 is 0.662 bits per heavy atom. The summed E-state index contributed by atoms with van der Waals surface area (Å²) < 4.78 is 50.3. The molecule has 0 amide bonds. The minimum atomic E-state index is -0.471. The van der Waals surface area contributed by atoms with E-state index in [9.17, 15) is 40.9 Å². The first-order valence-electron chi connectivity index (χ1n) is 39.3. The maximum atomic E-state index is 9.92. The van der Waals surface area contributed by atoms with Crippen molar-refractivity contribution in [1.82, 2.24) is 79.7 Å². The van der Waals surface area contributed by atoms with Crippen LogP contribution in [0.5, 0.6) is 46.0 Å². The number of nitrogens with zero attached hydrogens (tertiary/aromatic N) is 16. The Labute approximate surface area is 972 Å². The molecule has 0 atom stereocenters. The summed E-state index contributed by atoms with van der Waals surface area (Å²) in [6.45, 7) is -6.05. The summed E-state index contributed by atoms with van der Waals surface area (Å²) in [6, 6.07) is 0. The molecule has 734 valence electrons. The van der Waals surface area contributed by atoms with Crippen LogP contribution < -0.4 is 57.8 Å². The van der Waals surface area contributed by atoms with Gasteiger partial charge in [-0.25, -0.2) is 19.9 Å². The quantitative estimate of drug-likeness (QED) is 0.0144. The van der Waals surface area contributed by atoms with Gasteiger partial charge >= 0.3 is 39.0 Å². The minimum Gasteiger partial charge on any atom is -0.486 e. The average molecular weight is 2930 g/mol. The van der Waals surface area contributed by atoms with Gasteiger partial charge in [-0.1, -0.05) is 174 Å². The van der Waals surface area contributed by atoms with Crippen molar-refractivity contribution >= 4 is 406 Å². The maximum Gasteiger partial charge on any atom is 2.00 e. The standard InChI is InChI=1S/C48H40Br3Cl5N8O16.C32Br6Cl10N8.C2H6O2.2Zn/c49-25-17-20(28(52)36(76-12-4-68)33(25)73-9-1-65)44-57-41-18-21(29(53)37(77-13-5-69)34(26(18)50)74-10-2-66)45(59-41)63-46-22-19(27(51)35(75-11-3-67)38(30(22)54)78-14-6-70)43(60-46)62-48-24-23(47(64-48)61-42(17)58-44)31(55)39(79-15-7-71)40(32(24)56)80-16-8-72;33-9-1-4(15(39)12(36)20(9)44)28-49-25(1)53-31-7-8(18(42)23(47)14(38)17(7)41)32(56-31)54-26-2-5(16(40)13(37)21(45)10(2)34)29(50-26)55-30-6-3(27(51-28)52-30)11(35)22(46)24(48)19(6)43;3-1-2-4;;/h65-72H,1-16H2;;3-4H,1-2H2;;/q2*-2;;2*+2. The molecule has 0 saturated heterocycles. The third kappa shape index (κ3) is 20.5. The van der Waals surface area contributed by atoms with E-state index in [1.54, 1.807) is 0 Å². The first kappa shape index (κ1) is 114. The number of ether oxygens (including phenoxy) is 8. The Kier molecular flexibility index (Phi) is 38.7. The van der Waals surface area contributed by atoms with Crippen molar-refractivity contribution in [2.45, 2.75) is 0 Å². The van der Waals surface area contributed by atoms with Crippen LogP contribution in [0.2, 0.25) is 75.3 Å². The van der Waals surface area contributed by atoms with Crippen LogP contribution in [0.25, 0.3) is 179 Å². The Hall–Kier alpha value is -3.60. The fraction of sp³-hybridized carbons (Fsp3) is 0.220. The van der Waals surface area contributed by atoms with Gasteiger partial charge in [-0.05, 0) is 143 Å². The minimum absolute atomic E-state index is 0. The number of aromatic nitrogens is 16. The number of benzene rings is 8. The Bertz CT molecular complexity index is 7080. The fourth-order valence-corrected chi connectivity index (χ4v) is 24.3. The Morgan fingerprint density at radius 2 is 0.366 bits per heavy atom. The van der Waals surface area contributed by atoms with E-state index in [4.69, 9.17) is 302 Å². The van der Waals surface area contributed by atoms with Gasteiger partial charge in [0.1, 0.15) is 52.9 Å². The molecule has 0 unspecified atom stereocenters. The molecule has 0 radical (unpaired) electrons. The van der Waals surface area contributed by atoms with Crippen LogP contribution in [0.1, 0.15) is 0 Å². The summed E-state index contributed by atoms with van der Waals surface area (Å²) in [5.41, 5.74) is 0.898. The SMILES string of the molecule is Clc1c(Cl)c(Br)c2c(c1Cl)-c1nc-2nc2[n-]c(nc3nc(nc4[n-]c(n1)c1c(Cl)c(Br)c(Cl)c(Br)c41)-c1c(Cl)c(Cl)c(Br)c(Cl)c1-3)c1c(Br)c(Cl)c(Br)c(Cl)c21.OCCO.OCCOc1c(Cl)c2c(c(Cl)c1OCCO)-c1nc-2nc2[n-]c(nc3nc(nc4[n-]c(n1)c1c(Br)c(OCCO)c(OCCO)c(Cl)c41)-c1c(Br)c(OCCO)c(OCCO)c(Cl)c1-3)c1c(Cl)c(OCCO)c(OCCO)c(Br)c21.[Zn+2].[Zn+2]. The van der Waals surface area contributed by atoms with E-state index in [0.29, 0.717) is 53.9 Å². The van der Waals surface area contributed by atoms with E-state index in [2.05, 4.69) is 143 Å². The van der Waals surface area contributed by atoms with Crippen LogP contribution in [0.15, 0.2) is 40.3 Å². The third-order valence-electron chi connectivity index (χ3n) is 20.0. The normalized spacial score (nSPS) is 11.7. The van der Waals surface area contributed by atoms with Gasteiger partial charge in [-0.15, -0.1) is 0 Å². The molecular weight excluding hydrogens is 2880 g/mol. The first-order valence-corrected chi connectivity index (χ1v) is 52.1. The molecule has 4 aliphatic rings.